The second-order valence-corrected chi connectivity index (χ2v) is 3.38. The Kier molecular flexibility index (Phi) is 3.07. The van der Waals surface area contributed by atoms with Crippen LogP contribution in [0.2, 0.25) is 5.02 Å². The Hall–Kier alpha value is -0.740. The Morgan fingerprint density at radius 3 is 2.43 bits per heavy atom. The second-order valence-electron chi connectivity index (χ2n) is 2.97. The molecule has 0 heterocycles. The van der Waals surface area contributed by atoms with Crippen molar-refractivity contribution in [2.45, 2.75) is 19.2 Å². The summed E-state index contributed by atoms with van der Waals surface area (Å²) >= 11 is 5.54. The molecule has 1 rings (SSSR count). The van der Waals surface area contributed by atoms with Gasteiger partial charge >= 0.3 is 6.18 Å². The number of hydrogen-bond acceptors (Lipinski definition) is 1. The van der Waals surface area contributed by atoms with Crippen molar-refractivity contribution in [3.05, 3.63) is 34.3 Å². The van der Waals surface area contributed by atoms with Crippen LogP contribution in [0.5, 0.6) is 0 Å². The van der Waals surface area contributed by atoms with Crippen LogP contribution in [0.1, 0.15) is 17.2 Å². The molecule has 0 aliphatic heterocycles. The molecule has 0 aliphatic rings. The third-order valence-corrected chi connectivity index (χ3v) is 2.10. The van der Waals surface area contributed by atoms with Gasteiger partial charge in [0.15, 0.2) is 6.10 Å². The minimum absolute atomic E-state index is 0.0829. The van der Waals surface area contributed by atoms with E-state index < -0.39 is 12.3 Å². The van der Waals surface area contributed by atoms with Crippen LogP contribution < -0.4 is 0 Å². The maximum absolute atomic E-state index is 12.1. The first-order valence-electron chi connectivity index (χ1n) is 3.83. The Bertz CT molecular complexity index is 335. The molecule has 1 aromatic rings. The van der Waals surface area contributed by atoms with Crippen molar-refractivity contribution in [3.63, 3.8) is 0 Å². The number of rotatable bonds is 1. The third-order valence-electron chi connectivity index (χ3n) is 1.76. The van der Waals surface area contributed by atoms with Crippen molar-refractivity contribution in [1.29, 1.82) is 0 Å². The zero-order valence-electron chi connectivity index (χ0n) is 7.27. The van der Waals surface area contributed by atoms with Gasteiger partial charge in [0.1, 0.15) is 0 Å². The van der Waals surface area contributed by atoms with E-state index in [0.717, 1.165) is 0 Å². The topological polar surface area (TPSA) is 20.2 Å². The molecular formula is C9H8ClF3O. The molecule has 5 heteroatoms. The summed E-state index contributed by atoms with van der Waals surface area (Å²) in [6.45, 7) is 1.63. The highest BCUT2D eigenvalue weighted by atomic mass is 35.5. The summed E-state index contributed by atoms with van der Waals surface area (Å²) < 4.78 is 36.4. The maximum Gasteiger partial charge on any atom is 0.418 e. The highest BCUT2D eigenvalue weighted by molar-refractivity contribution is 6.31. The first-order chi connectivity index (χ1) is 6.32. The van der Waals surface area contributed by atoms with Gasteiger partial charge in [0, 0.05) is 10.6 Å². The zero-order valence-corrected chi connectivity index (χ0v) is 8.02. The maximum atomic E-state index is 12.1. The molecule has 0 fully saturated rings. The number of aliphatic hydroxyl groups is 1. The molecule has 0 aliphatic carbocycles. The van der Waals surface area contributed by atoms with Gasteiger partial charge in [-0.15, -0.1) is 0 Å². The van der Waals surface area contributed by atoms with Crippen LogP contribution in [0.4, 0.5) is 13.2 Å². The van der Waals surface area contributed by atoms with Gasteiger partial charge in [0.05, 0.1) is 0 Å². The first-order valence-corrected chi connectivity index (χ1v) is 4.21. The number of aryl methyl sites for hydroxylation is 1. The van der Waals surface area contributed by atoms with Crippen molar-refractivity contribution < 1.29 is 18.3 Å². The lowest BCUT2D eigenvalue weighted by Gasteiger charge is -2.16. The van der Waals surface area contributed by atoms with Crippen LogP contribution >= 0.6 is 11.6 Å². The molecule has 0 spiro atoms. The Morgan fingerprint density at radius 1 is 1.36 bits per heavy atom. The van der Waals surface area contributed by atoms with Gasteiger partial charge in [-0.3, -0.25) is 0 Å². The summed E-state index contributed by atoms with van der Waals surface area (Å²) in [5.74, 6) is 0. The second kappa shape index (κ2) is 3.79. The van der Waals surface area contributed by atoms with Crippen molar-refractivity contribution in [2.75, 3.05) is 0 Å². The fourth-order valence-corrected chi connectivity index (χ4v) is 1.27. The molecule has 0 aromatic heterocycles. The fraction of sp³-hybridized carbons (Fsp3) is 0.333. The van der Waals surface area contributed by atoms with E-state index in [1.807, 2.05) is 0 Å². The van der Waals surface area contributed by atoms with Crippen molar-refractivity contribution in [2.24, 2.45) is 0 Å². The molecule has 1 atom stereocenters. The van der Waals surface area contributed by atoms with Crippen LogP contribution in [0.25, 0.3) is 0 Å². The van der Waals surface area contributed by atoms with Crippen LogP contribution in [-0.2, 0) is 0 Å². The molecule has 1 aromatic carbocycles. The van der Waals surface area contributed by atoms with E-state index in [9.17, 15) is 13.2 Å². The first kappa shape index (κ1) is 11.3. The lowest BCUT2D eigenvalue weighted by atomic mass is 10.1. The number of benzene rings is 1. The SMILES string of the molecule is Cc1ccc(Cl)c(C(O)C(F)(F)F)c1. The van der Waals surface area contributed by atoms with Gasteiger partial charge < -0.3 is 5.11 Å². The molecule has 1 nitrogen and oxygen atoms in total. The van der Waals surface area contributed by atoms with E-state index in [0.29, 0.717) is 5.56 Å². The van der Waals surface area contributed by atoms with Gasteiger partial charge in [0.2, 0.25) is 0 Å². The normalized spacial score (nSPS) is 14.1. The number of halogens is 4. The minimum Gasteiger partial charge on any atom is -0.379 e. The number of hydrogen-bond donors (Lipinski definition) is 1. The van der Waals surface area contributed by atoms with E-state index in [-0.39, 0.29) is 10.6 Å². The molecule has 78 valence electrons. The third kappa shape index (κ3) is 2.39. The van der Waals surface area contributed by atoms with Crippen molar-refractivity contribution in [1.82, 2.24) is 0 Å². The van der Waals surface area contributed by atoms with Crippen LogP contribution in [0.15, 0.2) is 18.2 Å². The van der Waals surface area contributed by atoms with Gasteiger partial charge in [0.25, 0.3) is 0 Å². The molecule has 0 bridgehead atoms. The van der Waals surface area contributed by atoms with E-state index in [2.05, 4.69) is 0 Å². The molecule has 14 heavy (non-hydrogen) atoms. The summed E-state index contributed by atoms with van der Waals surface area (Å²) in [6.07, 6.45) is -7.20. The summed E-state index contributed by atoms with van der Waals surface area (Å²) in [5.41, 5.74) is 0.312. The summed E-state index contributed by atoms with van der Waals surface area (Å²) in [5, 5.41) is 8.87. The monoisotopic (exact) mass is 224 g/mol. The van der Waals surface area contributed by atoms with Crippen molar-refractivity contribution >= 4 is 11.6 Å². The van der Waals surface area contributed by atoms with Crippen LogP contribution in [0, 0.1) is 6.92 Å². The highest BCUT2D eigenvalue weighted by Gasteiger charge is 2.40. The highest BCUT2D eigenvalue weighted by Crippen LogP contribution is 2.36. The van der Waals surface area contributed by atoms with Crippen molar-refractivity contribution in [3.8, 4) is 0 Å². The quantitative estimate of drug-likeness (QED) is 0.777. The molecule has 1 unspecified atom stereocenters. The molecule has 0 radical (unpaired) electrons. The number of alkyl halides is 3. The molecule has 1 N–H and O–H groups in total. The van der Waals surface area contributed by atoms with Gasteiger partial charge in [-0.05, 0) is 13.0 Å². The summed E-state index contributed by atoms with van der Waals surface area (Å²) in [7, 11) is 0. The lowest BCUT2D eigenvalue weighted by molar-refractivity contribution is -0.206. The average molecular weight is 225 g/mol. The molecule has 0 saturated heterocycles. The molecular weight excluding hydrogens is 217 g/mol. The fourth-order valence-electron chi connectivity index (χ4n) is 1.05. The standard InChI is InChI=1S/C9H8ClF3O/c1-5-2-3-7(10)6(4-5)8(14)9(11,12)13/h2-4,8,14H,1H3. The van der Waals surface area contributed by atoms with Crippen LogP contribution in [0.3, 0.4) is 0 Å². The van der Waals surface area contributed by atoms with E-state index in [1.54, 1.807) is 13.0 Å². The van der Waals surface area contributed by atoms with E-state index in [4.69, 9.17) is 16.7 Å². The predicted molar refractivity (Wildman–Crippen MR) is 47.2 cm³/mol. The summed E-state index contributed by atoms with van der Waals surface area (Å²) in [4.78, 5) is 0. The molecule has 0 amide bonds. The van der Waals surface area contributed by atoms with Crippen LogP contribution in [-0.4, -0.2) is 11.3 Å². The lowest BCUT2D eigenvalue weighted by Crippen LogP contribution is -2.20. The van der Waals surface area contributed by atoms with Gasteiger partial charge in [-0.25, -0.2) is 0 Å². The van der Waals surface area contributed by atoms with Gasteiger partial charge in [-0.1, -0.05) is 29.3 Å². The zero-order chi connectivity index (χ0) is 10.9. The summed E-state index contributed by atoms with van der Waals surface area (Å²) in [6, 6.07) is 4.14. The average Bonchev–Trinajstić information content (AvgIpc) is 2.06. The number of aliphatic hydroxyl groups excluding tert-OH is 1. The van der Waals surface area contributed by atoms with Gasteiger partial charge in [-0.2, -0.15) is 13.2 Å². The minimum atomic E-state index is -4.68. The Morgan fingerprint density at radius 2 is 1.93 bits per heavy atom. The van der Waals surface area contributed by atoms with E-state index in [1.165, 1.54) is 12.1 Å². The Labute approximate surface area is 84.1 Å². The molecule has 0 saturated carbocycles. The predicted octanol–water partition coefficient (Wildman–Crippen LogP) is 3.24. The largest absolute Gasteiger partial charge is 0.418 e. The Balaban J connectivity index is 3.12. The smallest absolute Gasteiger partial charge is 0.379 e. The van der Waals surface area contributed by atoms with E-state index >= 15 is 0 Å².